The Bertz CT molecular complexity index is 898. The van der Waals surface area contributed by atoms with E-state index in [9.17, 15) is 17.2 Å². The summed E-state index contributed by atoms with van der Waals surface area (Å²) in [5.41, 5.74) is 0.306. The first-order chi connectivity index (χ1) is 12.9. The highest BCUT2D eigenvalue weighted by Crippen LogP contribution is 2.20. The van der Waals surface area contributed by atoms with Gasteiger partial charge in [-0.2, -0.15) is 4.31 Å². The van der Waals surface area contributed by atoms with E-state index in [-0.39, 0.29) is 10.6 Å². The second-order valence-corrected chi connectivity index (χ2v) is 8.37. The van der Waals surface area contributed by atoms with Gasteiger partial charge in [0.25, 0.3) is 0 Å². The number of hydrogen-bond donors (Lipinski definition) is 0. The topological polar surface area (TPSA) is 49.9 Å². The van der Waals surface area contributed by atoms with Gasteiger partial charge in [0, 0.05) is 32.7 Å². The molecule has 8 heteroatoms. The summed E-state index contributed by atoms with van der Waals surface area (Å²) < 4.78 is 59.2. The molecular formula is C19H22F2N2O3S. The predicted octanol–water partition coefficient (Wildman–Crippen LogP) is 2.66. The van der Waals surface area contributed by atoms with E-state index in [4.69, 9.17) is 4.74 Å². The number of nitrogens with zero attached hydrogens (tertiary/aromatic N) is 2. The number of rotatable bonds is 6. The maximum Gasteiger partial charge on any atom is 0.243 e. The number of halogens is 2. The summed E-state index contributed by atoms with van der Waals surface area (Å²) in [5.74, 6) is -0.609. The predicted molar refractivity (Wildman–Crippen MR) is 98.2 cm³/mol. The van der Waals surface area contributed by atoms with Crippen LogP contribution < -0.4 is 4.74 Å². The molecule has 27 heavy (non-hydrogen) atoms. The van der Waals surface area contributed by atoms with Crippen molar-refractivity contribution in [1.82, 2.24) is 9.21 Å². The average molecular weight is 396 g/mol. The van der Waals surface area contributed by atoms with Gasteiger partial charge < -0.3 is 4.74 Å². The van der Waals surface area contributed by atoms with Crippen molar-refractivity contribution >= 4 is 10.0 Å². The zero-order valence-corrected chi connectivity index (χ0v) is 15.9. The Morgan fingerprint density at radius 3 is 2.37 bits per heavy atom. The number of para-hydroxylation sites is 1. The molecule has 1 aliphatic heterocycles. The van der Waals surface area contributed by atoms with Crippen molar-refractivity contribution in [3.8, 4) is 5.75 Å². The van der Waals surface area contributed by atoms with Gasteiger partial charge in [-0.1, -0.05) is 12.1 Å². The molecule has 146 valence electrons. The SMILES string of the molecule is Cc1cc(S(=O)(=O)N2CCN(CCOc3ccccc3F)CC2)ccc1F. The maximum absolute atomic E-state index is 13.5. The lowest BCUT2D eigenvalue weighted by molar-refractivity contribution is 0.157. The van der Waals surface area contributed by atoms with Crippen molar-refractivity contribution < 1.29 is 21.9 Å². The second-order valence-electron chi connectivity index (χ2n) is 6.44. The van der Waals surface area contributed by atoms with Gasteiger partial charge >= 0.3 is 0 Å². The minimum atomic E-state index is -3.63. The zero-order valence-electron chi connectivity index (χ0n) is 15.1. The van der Waals surface area contributed by atoms with Gasteiger partial charge in [-0.25, -0.2) is 17.2 Å². The van der Waals surface area contributed by atoms with Gasteiger partial charge in [0.05, 0.1) is 4.90 Å². The largest absolute Gasteiger partial charge is 0.489 e. The molecule has 0 aromatic heterocycles. The first kappa shape index (κ1) is 19.7. The van der Waals surface area contributed by atoms with Gasteiger partial charge in [-0.15, -0.1) is 0 Å². The zero-order chi connectivity index (χ0) is 19.4. The molecule has 2 aromatic rings. The van der Waals surface area contributed by atoms with E-state index in [1.54, 1.807) is 25.1 Å². The number of aryl methyl sites for hydroxylation is 1. The van der Waals surface area contributed by atoms with Gasteiger partial charge in [-0.3, -0.25) is 4.90 Å². The van der Waals surface area contributed by atoms with Gasteiger partial charge in [0.2, 0.25) is 10.0 Å². The summed E-state index contributed by atoms with van der Waals surface area (Å²) in [6.45, 7) is 4.25. The van der Waals surface area contributed by atoms with Crippen LogP contribution in [0.1, 0.15) is 5.56 Å². The van der Waals surface area contributed by atoms with Crippen molar-refractivity contribution in [2.24, 2.45) is 0 Å². The van der Waals surface area contributed by atoms with Gasteiger partial charge in [0.15, 0.2) is 11.6 Å². The molecule has 0 bridgehead atoms. The molecule has 2 aromatic carbocycles. The first-order valence-electron chi connectivity index (χ1n) is 8.74. The van der Waals surface area contributed by atoms with Crippen molar-refractivity contribution in [3.63, 3.8) is 0 Å². The number of hydrogen-bond acceptors (Lipinski definition) is 4. The van der Waals surface area contributed by atoms with Crippen LogP contribution in [0.15, 0.2) is 47.4 Å². The van der Waals surface area contributed by atoms with E-state index in [1.807, 2.05) is 0 Å². The fraction of sp³-hybridized carbons (Fsp3) is 0.368. The fourth-order valence-corrected chi connectivity index (χ4v) is 4.47. The van der Waals surface area contributed by atoms with Crippen LogP contribution in [-0.4, -0.2) is 57.0 Å². The quantitative estimate of drug-likeness (QED) is 0.753. The number of sulfonamides is 1. The number of benzene rings is 2. The van der Waals surface area contributed by atoms with Crippen LogP contribution in [0, 0.1) is 18.6 Å². The van der Waals surface area contributed by atoms with Crippen LogP contribution in [0.4, 0.5) is 8.78 Å². The summed E-state index contributed by atoms with van der Waals surface area (Å²) in [4.78, 5) is 2.18. The Morgan fingerprint density at radius 1 is 1.00 bits per heavy atom. The fourth-order valence-electron chi connectivity index (χ4n) is 2.97. The lowest BCUT2D eigenvalue weighted by Gasteiger charge is -2.33. The molecule has 0 unspecified atom stereocenters. The minimum Gasteiger partial charge on any atom is -0.489 e. The molecule has 0 saturated carbocycles. The molecule has 0 radical (unpaired) electrons. The normalized spacial score (nSPS) is 16.4. The Kier molecular flexibility index (Phi) is 6.08. The highest BCUT2D eigenvalue weighted by Gasteiger charge is 2.28. The van der Waals surface area contributed by atoms with Crippen LogP contribution in [0.3, 0.4) is 0 Å². The number of ether oxygens (including phenoxy) is 1. The average Bonchev–Trinajstić information content (AvgIpc) is 2.66. The molecule has 1 fully saturated rings. The molecule has 5 nitrogen and oxygen atoms in total. The second kappa shape index (κ2) is 8.33. The standard InChI is InChI=1S/C19H22F2N2O3S/c1-15-14-16(6-7-17(15)20)27(24,25)23-10-8-22(9-11-23)12-13-26-19-5-3-2-4-18(19)21/h2-7,14H,8-13H2,1H3. The molecule has 1 aliphatic rings. The molecule has 0 amide bonds. The molecule has 1 heterocycles. The summed E-state index contributed by atoms with van der Waals surface area (Å²) >= 11 is 0. The Labute approximate surface area is 158 Å². The molecule has 0 spiro atoms. The first-order valence-corrected chi connectivity index (χ1v) is 10.2. The molecule has 0 N–H and O–H groups in total. The highest BCUT2D eigenvalue weighted by atomic mass is 32.2. The third kappa shape index (κ3) is 4.63. The summed E-state index contributed by atoms with van der Waals surface area (Å²) in [6, 6.07) is 10.1. The third-order valence-corrected chi connectivity index (χ3v) is 6.49. The van der Waals surface area contributed by atoms with Crippen molar-refractivity contribution in [1.29, 1.82) is 0 Å². The van der Waals surface area contributed by atoms with E-state index in [0.717, 1.165) is 0 Å². The summed E-state index contributed by atoms with van der Waals surface area (Å²) in [7, 11) is -3.63. The number of piperazine rings is 1. The van der Waals surface area contributed by atoms with Crippen LogP contribution in [0.2, 0.25) is 0 Å². The van der Waals surface area contributed by atoms with Crippen LogP contribution >= 0.6 is 0 Å². The van der Waals surface area contributed by atoms with E-state index in [1.165, 1.54) is 28.6 Å². The highest BCUT2D eigenvalue weighted by molar-refractivity contribution is 7.89. The van der Waals surface area contributed by atoms with Crippen molar-refractivity contribution in [3.05, 3.63) is 59.7 Å². The molecule has 0 atom stereocenters. The van der Waals surface area contributed by atoms with E-state index in [0.29, 0.717) is 44.9 Å². The molecule has 3 rings (SSSR count). The Hall–Kier alpha value is -2.03. The summed E-state index contributed by atoms with van der Waals surface area (Å²) in [5, 5.41) is 0. The Morgan fingerprint density at radius 2 is 1.70 bits per heavy atom. The minimum absolute atomic E-state index is 0.109. The van der Waals surface area contributed by atoms with Crippen molar-refractivity contribution in [2.75, 3.05) is 39.3 Å². The van der Waals surface area contributed by atoms with E-state index < -0.39 is 21.7 Å². The molecule has 1 saturated heterocycles. The van der Waals surface area contributed by atoms with E-state index in [2.05, 4.69) is 4.90 Å². The molecule has 0 aliphatic carbocycles. The van der Waals surface area contributed by atoms with Crippen LogP contribution in [0.25, 0.3) is 0 Å². The monoisotopic (exact) mass is 396 g/mol. The summed E-state index contributed by atoms with van der Waals surface area (Å²) in [6.07, 6.45) is 0. The smallest absolute Gasteiger partial charge is 0.243 e. The van der Waals surface area contributed by atoms with Crippen molar-refractivity contribution in [2.45, 2.75) is 11.8 Å². The van der Waals surface area contributed by atoms with Crippen LogP contribution in [0.5, 0.6) is 5.75 Å². The Balaban J connectivity index is 1.52. The maximum atomic E-state index is 13.5. The van der Waals surface area contributed by atoms with Crippen LogP contribution in [-0.2, 0) is 10.0 Å². The lowest BCUT2D eigenvalue weighted by Crippen LogP contribution is -2.49. The van der Waals surface area contributed by atoms with Gasteiger partial charge in [-0.05, 0) is 42.8 Å². The third-order valence-electron chi connectivity index (χ3n) is 4.60. The van der Waals surface area contributed by atoms with E-state index >= 15 is 0 Å². The lowest BCUT2D eigenvalue weighted by atomic mass is 10.2. The molecular weight excluding hydrogens is 374 g/mol. The van der Waals surface area contributed by atoms with Gasteiger partial charge in [0.1, 0.15) is 12.4 Å².